The Bertz CT molecular complexity index is 584. The Hall–Kier alpha value is -2.78. The highest BCUT2D eigenvalue weighted by Gasteiger charge is 2.06. The van der Waals surface area contributed by atoms with E-state index >= 15 is 0 Å². The molecule has 1 aromatic rings. The predicted molar refractivity (Wildman–Crippen MR) is 85.2 cm³/mol. The molecule has 0 N–H and O–H groups in total. The van der Waals surface area contributed by atoms with Crippen molar-refractivity contribution in [3.8, 4) is 0 Å². The minimum Gasteiger partial charge on any atom is -0.335 e. The number of amides is 1. The van der Waals surface area contributed by atoms with Gasteiger partial charge in [0.25, 0.3) is 0 Å². The van der Waals surface area contributed by atoms with Crippen molar-refractivity contribution in [1.29, 1.82) is 0 Å². The van der Waals surface area contributed by atoms with Gasteiger partial charge < -0.3 is 4.90 Å². The average Bonchev–Trinajstić information content (AvgIpc) is 2.47. The van der Waals surface area contributed by atoms with Crippen molar-refractivity contribution >= 4 is 12.0 Å². The summed E-state index contributed by atoms with van der Waals surface area (Å²) >= 11 is 0. The van der Waals surface area contributed by atoms with Gasteiger partial charge in [-0.05, 0) is 11.1 Å². The highest BCUT2D eigenvalue weighted by Crippen LogP contribution is 2.02. The van der Waals surface area contributed by atoms with Crippen LogP contribution in [0.15, 0.2) is 66.0 Å². The van der Waals surface area contributed by atoms with Gasteiger partial charge in [-0.25, -0.2) is 0 Å². The van der Waals surface area contributed by atoms with Gasteiger partial charge in [0.2, 0.25) is 5.91 Å². The number of carbonyl (C=O) groups excluding carboxylic acids is 1. The molecule has 0 atom stereocenters. The van der Waals surface area contributed by atoms with Crippen molar-refractivity contribution in [2.24, 2.45) is 5.11 Å². The minimum atomic E-state index is -0.0963. The van der Waals surface area contributed by atoms with E-state index in [1.807, 2.05) is 54.6 Å². The molecule has 0 aliphatic heterocycles. The van der Waals surface area contributed by atoms with Crippen molar-refractivity contribution < 1.29 is 4.79 Å². The zero-order chi connectivity index (χ0) is 15.5. The summed E-state index contributed by atoms with van der Waals surface area (Å²) in [6, 6.07) is 9.94. The van der Waals surface area contributed by atoms with Crippen LogP contribution < -0.4 is 0 Å². The molecular weight excluding hydrogens is 264 g/mol. The molecule has 0 unspecified atom stereocenters. The first kappa shape index (κ1) is 16.3. The van der Waals surface area contributed by atoms with Crippen molar-refractivity contribution in [2.45, 2.75) is 6.92 Å². The summed E-state index contributed by atoms with van der Waals surface area (Å²) < 4.78 is 0. The Morgan fingerprint density at radius 3 is 2.71 bits per heavy atom. The van der Waals surface area contributed by atoms with Gasteiger partial charge in [0.15, 0.2) is 0 Å². The van der Waals surface area contributed by atoms with Gasteiger partial charge in [-0.2, -0.15) is 0 Å². The maximum atomic E-state index is 11.5. The lowest BCUT2D eigenvalue weighted by atomic mass is 10.2. The fraction of sp³-hybridized carbons (Fsp3) is 0.188. The maximum absolute atomic E-state index is 11.5. The van der Waals surface area contributed by atoms with Gasteiger partial charge in [-0.15, -0.1) is 0 Å². The zero-order valence-electron chi connectivity index (χ0n) is 12.0. The number of azide groups is 1. The molecule has 1 rings (SSSR count). The molecule has 5 nitrogen and oxygen atoms in total. The van der Waals surface area contributed by atoms with E-state index in [-0.39, 0.29) is 12.5 Å². The molecule has 0 spiro atoms. The molecule has 0 heterocycles. The van der Waals surface area contributed by atoms with Crippen LogP contribution in [0.25, 0.3) is 16.5 Å². The topological polar surface area (TPSA) is 69.1 Å². The molecule has 1 amide bonds. The molecule has 0 fully saturated rings. The van der Waals surface area contributed by atoms with Crippen LogP contribution in [0, 0.1) is 0 Å². The molecule has 0 radical (unpaired) electrons. The maximum Gasteiger partial charge on any atom is 0.220 e. The highest BCUT2D eigenvalue weighted by molar-refractivity contribution is 5.73. The van der Waals surface area contributed by atoms with E-state index in [4.69, 9.17) is 5.53 Å². The Kier molecular flexibility index (Phi) is 7.11. The number of hydrogen-bond donors (Lipinski definition) is 0. The van der Waals surface area contributed by atoms with Gasteiger partial charge in [0.1, 0.15) is 0 Å². The second-order valence-electron chi connectivity index (χ2n) is 4.35. The SMILES string of the molecule is C=C(CN(C/C=C/C=C/c1ccccc1)C(C)=O)N=[N+]=[N-]. The zero-order valence-corrected chi connectivity index (χ0v) is 12.0. The Balaban J connectivity index is 2.51. The predicted octanol–water partition coefficient (Wildman–Crippen LogP) is 3.93. The Labute approximate surface area is 124 Å². The van der Waals surface area contributed by atoms with Crippen LogP contribution in [0.2, 0.25) is 0 Å². The normalized spacial score (nSPS) is 10.5. The van der Waals surface area contributed by atoms with E-state index in [2.05, 4.69) is 16.6 Å². The lowest BCUT2D eigenvalue weighted by molar-refractivity contribution is -0.127. The monoisotopic (exact) mass is 282 g/mol. The number of allylic oxidation sites excluding steroid dienone is 2. The fourth-order valence-electron chi connectivity index (χ4n) is 1.62. The number of carbonyl (C=O) groups is 1. The molecule has 1 aromatic carbocycles. The third kappa shape index (κ3) is 6.80. The van der Waals surface area contributed by atoms with Crippen LogP contribution in [0.1, 0.15) is 12.5 Å². The minimum absolute atomic E-state index is 0.0963. The van der Waals surface area contributed by atoms with Gasteiger partial charge in [-0.3, -0.25) is 4.79 Å². The molecule has 0 saturated carbocycles. The van der Waals surface area contributed by atoms with Crippen LogP contribution in [0.4, 0.5) is 0 Å². The van der Waals surface area contributed by atoms with Gasteiger partial charge in [-0.1, -0.05) is 66.3 Å². The first-order valence-electron chi connectivity index (χ1n) is 6.50. The first-order valence-corrected chi connectivity index (χ1v) is 6.50. The summed E-state index contributed by atoms with van der Waals surface area (Å²) in [4.78, 5) is 15.7. The van der Waals surface area contributed by atoms with Gasteiger partial charge in [0, 0.05) is 30.6 Å². The van der Waals surface area contributed by atoms with Crippen LogP contribution >= 0.6 is 0 Å². The number of rotatable bonds is 7. The highest BCUT2D eigenvalue weighted by atomic mass is 16.2. The van der Waals surface area contributed by atoms with Crippen molar-refractivity contribution in [1.82, 2.24) is 4.90 Å². The molecule has 0 aromatic heterocycles. The third-order valence-corrected chi connectivity index (χ3v) is 2.67. The van der Waals surface area contributed by atoms with Crippen LogP contribution in [-0.2, 0) is 4.79 Å². The van der Waals surface area contributed by atoms with Crippen molar-refractivity contribution in [2.75, 3.05) is 13.1 Å². The van der Waals surface area contributed by atoms with Crippen molar-refractivity contribution in [3.05, 3.63) is 76.8 Å². The molecule has 0 aliphatic rings. The lowest BCUT2D eigenvalue weighted by Gasteiger charge is -2.18. The van der Waals surface area contributed by atoms with E-state index in [0.29, 0.717) is 12.2 Å². The third-order valence-electron chi connectivity index (χ3n) is 2.67. The van der Waals surface area contributed by atoms with Crippen molar-refractivity contribution in [3.63, 3.8) is 0 Å². The lowest BCUT2D eigenvalue weighted by Crippen LogP contribution is -2.30. The summed E-state index contributed by atoms with van der Waals surface area (Å²) in [6.45, 7) is 5.73. The standard InChI is InChI=1S/C16H18N4O/c1-14(18-19-17)13-20(15(2)21)12-8-4-7-11-16-9-5-3-6-10-16/h3-11H,1,12-13H2,2H3/b8-4+,11-7+. The summed E-state index contributed by atoms with van der Waals surface area (Å²) in [5, 5.41) is 3.38. The molecule has 0 saturated heterocycles. The molecule has 0 aliphatic carbocycles. The number of nitrogens with zero attached hydrogens (tertiary/aromatic N) is 4. The number of benzene rings is 1. The van der Waals surface area contributed by atoms with Crippen LogP contribution in [0.3, 0.4) is 0 Å². The Morgan fingerprint density at radius 2 is 2.10 bits per heavy atom. The quantitative estimate of drug-likeness (QED) is 0.323. The largest absolute Gasteiger partial charge is 0.335 e. The average molecular weight is 282 g/mol. The summed E-state index contributed by atoms with van der Waals surface area (Å²) in [6.07, 6.45) is 7.63. The van der Waals surface area contributed by atoms with Gasteiger partial charge >= 0.3 is 0 Å². The smallest absolute Gasteiger partial charge is 0.220 e. The van der Waals surface area contributed by atoms with E-state index < -0.39 is 0 Å². The molecule has 5 heteroatoms. The number of hydrogen-bond acceptors (Lipinski definition) is 2. The fourth-order valence-corrected chi connectivity index (χ4v) is 1.62. The second kappa shape index (κ2) is 9.18. The molecule has 108 valence electrons. The summed E-state index contributed by atoms with van der Waals surface area (Å²) in [5.41, 5.74) is 9.75. The molecule has 0 bridgehead atoms. The van der Waals surface area contributed by atoms with E-state index in [9.17, 15) is 4.79 Å². The summed E-state index contributed by atoms with van der Waals surface area (Å²) in [7, 11) is 0. The van der Waals surface area contributed by atoms with E-state index in [1.54, 1.807) is 4.90 Å². The molecule has 21 heavy (non-hydrogen) atoms. The van der Waals surface area contributed by atoms with E-state index in [0.717, 1.165) is 5.56 Å². The van der Waals surface area contributed by atoms with Gasteiger partial charge in [0.05, 0.1) is 0 Å². The van der Waals surface area contributed by atoms with Crippen LogP contribution in [0.5, 0.6) is 0 Å². The molecular formula is C16H18N4O. The Morgan fingerprint density at radius 1 is 1.38 bits per heavy atom. The van der Waals surface area contributed by atoms with E-state index in [1.165, 1.54) is 6.92 Å². The second-order valence-corrected chi connectivity index (χ2v) is 4.35. The van der Waals surface area contributed by atoms with Crippen LogP contribution in [-0.4, -0.2) is 23.9 Å². The summed E-state index contributed by atoms with van der Waals surface area (Å²) in [5.74, 6) is -0.0963. The first-order chi connectivity index (χ1) is 10.1.